The summed E-state index contributed by atoms with van der Waals surface area (Å²) in [7, 11) is 0. The van der Waals surface area contributed by atoms with E-state index in [1.54, 1.807) is 18.3 Å². The van der Waals surface area contributed by atoms with Crippen LogP contribution in [0.3, 0.4) is 0 Å². The Balaban J connectivity index is 1.70. The lowest BCUT2D eigenvalue weighted by Crippen LogP contribution is -2.45. The molecule has 1 saturated heterocycles. The molecule has 21 heavy (non-hydrogen) atoms. The largest absolute Gasteiger partial charge is 0.386 e. The summed E-state index contributed by atoms with van der Waals surface area (Å²) in [5, 5.41) is 13.6. The van der Waals surface area contributed by atoms with Gasteiger partial charge in [-0.15, -0.1) is 0 Å². The van der Waals surface area contributed by atoms with Crippen molar-refractivity contribution in [2.45, 2.75) is 31.6 Å². The van der Waals surface area contributed by atoms with Gasteiger partial charge in [-0.05, 0) is 19.1 Å². The molecular formula is C15H19N3O3. The van der Waals surface area contributed by atoms with E-state index >= 15 is 0 Å². The number of aromatic nitrogens is 2. The quantitative estimate of drug-likeness (QED) is 0.848. The summed E-state index contributed by atoms with van der Waals surface area (Å²) in [5.41, 5.74) is 0.347. The smallest absolute Gasteiger partial charge is 0.258 e. The van der Waals surface area contributed by atoms with Crippen molar-refractivity contribution in [1.82, 2.24) is 14.7 Å². The van der Waals surface area contributed by atoms with Crippen LogP contribution in [0.25, 0.3) is 5.65 Å². The number of nitrogens with one attached hydrogen (secondary N) is 1. The minimum absolute atomic E-state index is 0.103. The molecule has 2 atom stereocenters. The van der Waals surface area contributed by atoms with Gasteiger partial charge in [0.25, 0.3) is 5.56 Å². The zero-order chi connectivity index (χ0) is 14.9. The van der Waals surface area contributed by atoms with Crippen LogP contribution in [-0.2, 0) is 11.3 Å². The number of rotatable bonds is 4. The van der Waals surface area contributed by atoms with Gasteiger partial charge in [0.15, 0.2) is 0 Å². The normalized spacial score (nSPS) is 25.5. The maximum atomic E-state index is 12.0. The van der Waals surface area contributed by atoms with Gasteiger partial charge >= 0.3 is 0 Å². The van der Waals surface area contributed by atoms with E-state index in [1.165, 1.54) is 10.5 Å². The van der Waals surface area contributed by atoms with Crippen molar-refractivity contribution in [3.63, 3.8) is 0 Å². The number of hydrogen-bond acceptors (Lipinski definition) is 5. The van der Waals surface area contributed by atoms with Crippen molar-refractivity contribution in [1.29, 1.82) is 0 Å². The van der Waals surface area contributed by atoms with E-state index in [-0.39, 0.29) is 11.7 Å². The second kappa shape index (κ2) is 5.55. The fraction of sp³-hybridized carbons (Fsp3) is 0.467. The highest BCUT2D eigenvalue weighted by Gasteiger charge is 2.38. The van der Waals surface area contributed by atoms with E-state index in [0.29, 0.717) is 37.5 Å². The summed E-state index contributed by atoms with van der Waals surface area (Å²) in [6.45, 7) is 3.31. The Labute approximate surface area is 122 Å². The topological polar surface area (TPSA) is 75.9 Å². The Morgan fingerprint density at radius 1 is 1.57 bits per heavy atom. The average Bonchev–Trinajstić information content (AvgIpc) is 2.79. The molecule has 0 bridgehead atoms. The monoisotopic (exact) mass is 289 g/mol. The van der Waals surface area contributed by atoms with Crippen LogP contribution in [0.2, 0.25) is 0 Å². The second-order valence-electron chi connectivity index (χ2n) is 5.48. The lowest BCUT2D eigenvalue weighted by molar-refractivity contribution is -0.0263. The van der Waals surface area contributed by atoms with Gasteiger partial charge in [-0.25, -0.2) is 4.98 Å². The standard InChI is InChI=1S/C15H19N3O3/c1-11-15(20,5-7-21-11)10-16-9-12-8-14(19)18-6-3-2-4-13(18)17-12/h2-4,6,8,11,16,20H,5,7,9-10H2,1H3. The molecule has 0 aromatic carbocycles. The minimum Gasteiger partial charge on any atom is -0.386 e. The first-order chi connectivity index (χ1) is 10.1. The Morgan fingerprint density at radius 2 is 2.43 bits per heavy atom. The van der Waals surface area contributed by atoms with Gasteiger partial charge in [-0.3, -0.25) is 9.20 Å². The minimum atomic E-state index is -0.841. The van der Waals surface area contributed by atoms with Crippen LogP contribution >= 0.6 is 0 Å². The molecule has 0 spiro atoms. The van der Waals surface area contributed by atoms with Gasteiger partial charge in [0.1, 0.15) is 11.2 Å². The zero-order valence-corrected chi connectivity index (χ0v) is 12.0. The third-order valence-corrected chi connectivity index (χ3v) is 4.02. The predicted octanol–water partition coefficient (Wildman–Crippen LogP) is 0.324. The highest BCUT2D eigenvalue weighted by atomic mass is 16.5. The van der Waals surface area contributed by atoms with Gasteiger partial charge in [0.05, 0.1) is 11.8 Å². The predicted molar refractivity (Wildman–Crippen MR) is 78.1 cm³/mol. The van der Waals surface area contributed by atoms with Crippen LogP contribution in [0.1, 0.15) is 19.0 Å². The Morgan fingerprint density at radius 3 is 3.19 bits per heavy atom. The first kappa shape index (κ1) is 14.2. The Bertz CT molecular complexity index is 700. The molecule has 6 nitrogen and oxygen atoms in total. The molecule has 0 radical (unpaired) electrons. The third kappa shape index (κ3) is 2.83. The SMILES string of the molecule is CC1OCCC1(O)CNCc1cc(=O)n2ccccc2n1. The average molecular weight is 289 g/mol. The first-order valence-electron chi connectivity index (χ1n) is 7.10. The van der Waals surface area contributed by atoms with Crippen molar-refractivity contribution in [2.75, 3.05) is 13.2 Å². The molecule has 2 N–H and O–H groups in total. The molecule has 112 valence electrons. The van der Waals surface area contributed by atoms with Crippen molar-refractivity contribution in [2.24, 2.45) is 0 Å². The van der Waals surface area contributed by atoms with E-state index in [0.717, 1.165) is 0 Å². The van der Waals surface area contributed by atoms with Crippen LogP contribution < -0.4 is 10.9 Å². The molecule has 2 unspecified atom stereocenters. The number of aliphatic hydroxyl groups is 1. The molecular weight excluding hydrogens is 270 g/mol. The summed E-state index contributed by atoms with van der Waals surface area (Å²) in [6.07, 6.45) is 2.14. The van der Waals surface area contributed by atoms with Crippen molar-refractivity contribution >= 4 is 5.65 Å². The summed E-state index contributed by atoms with van der Waals surface area (Å²) in [4.78, 5) is 16.4. The molecule has 1 fully saturated rings. The fourth-order valence-electron chi connectivity index (χ4n) is 2.60. The van der Waals surface area contributed by atoms with Crippen molar-refractivity contribution < 1.29 is 9.84 Å². The number of pyridine rings is 1. The zero-order valence-electron chi connectivity index (χ0n) is 12.0. The van der Waals surface area contributed by atoms with Gasteiger partial charge in [0, 0.05) is 38.4 Å². The van der Waals surface area contributed by atoms with Gasteiger partial charge in [-0.1, -0.05) is 6.07 Å². The lowest BCUT2D eigenvalue weighted by atomic mass is 9.97. The number of nitrogens with zero attached hydrogens (tertiary/aromatic N) is 2. The van der Waals surface area contributed by atoms with Crippen LogP contribution in [0, 0.1) is 0 Å². The van der Waals surface area contributed by atoms with Crippen LogP contribution in [-0.4, -0.2) is 39.3 Å². The van der Waals surface area contributed by atoms with E-state index in [1.807, 2.05) is 13.0 Å². The van der Waals surface area contributed by atoms with Crippen molar-refractivity contribution in [3.05, 3.63) is 46.5 Å². The first-order valence-corrected chi connectivity index (χ1v) is 7.10. The highest BCUT2D eigenvalue weighted by Crippen LogP contribution is 2.24. The highest BCUT2D eigenvalue weighted by molar-refractivity contribution is 5.37. The summed E-state index contributed by atoms with van der Waals surface area (Å²) >= 11 is 0. The van der Waals surface area contributed by atoms with Crippen molar-refractivity contribution in [3.8, 4) is 0 Å². The molecule has 3 heterocycles. The second-order valence-corrected chi connectivity index (χ2v) is 5.48. The maximum absolute atomic E-state index is 12.0. The van der Waals surface area contributed by atoms with E-state index in [9.17, 15) is 9.90 Å². The molecule has 6 heteroatoms. The van der Waals surface area contributed by atoms with Gasteiger partial charge < -0.3 is 15.2 Å². The molecule has 2 aromatic rings. The van der Waals surface area contributed by atoms with Crippen LogP contribution in [0.5, 0.6) is 0 Å². The summed E-state index contributed by atoms with van der Waals surface area (Å²) in [6, 6.07) is 6.95. The van der Waals surface area contributed by atoms with Gasteiger partial charge in [0.2, 0.25) is 0 Å². The fourth-order valence-corrected chi connectivity index (χ4v) is 2.60. The molecule has 0 saturated carbocycles. The van der Waals surface area contributed by atoms with E-state index in [4.69, 9.17) is 4.74 Å². The van der Waals surface area contributed by atoms with E-state index < -0.39 is 5.60 Å². The molecule has 1 aliphatic heterocycles. The Hall–Kier alpha value is -1.76. The number of fused-ring (bicyclic) bond motifs is 1. The molecule has 0 aliphatic carbocycles. The van der Waals surface area contributed by atoms with Crippen LogP contribution in [0.4, 0.5) is 0 Å². The lowest BCUT2D eigenvalue weighted by Gasteiger charge is -2.26. The van der Waals surface area contributed by atoms with Crippen LogP contribution in [0.15, 0.2) is 35.3 Å². The summed E-state index contributed by atoms with van der Waals surface area (Å²) < 4.78 is 6.89. The molecule has 1 aliphatic rings. The molecule has 2 aromatic heterocycles. The van der Waals surface area contributed by atoms with E-state index in [2.05, 4.69) is 10.3 Å². The molecule has 3 rings (SSSR count). The maximum Gasteiger partial charge on any atom is 0.258 e. The third-order valence-electron chi connectivity index (χ3n) is 4.02. The van der Waals surface area contributed by atoms with Gasteiger partial charge in [-0.2, -0.15) is 0 Å². The summed E-state index contributed by atoms with van der Waals surface area (Å²) in [5.74, 6) is 0. The number of ether oxygens (including phenoxy) is 1. The molecule has 0 amide bonds. The number of hydrogen-bond donors (Lipinski definition) is 2. The Kier molecular flexibility index (Phi) is 3.75.